The molecule has 0 aliphatic carbocycles. The van der Waals surface area contributed by atoms with Crippen LogP contribution in [-0.4, -0.2) is 35.1 Å². The van der Waals surface area contributed by atoms with E-state index in [1.54, 1.807) is 0 Å². The highest BCUT2D eigenvalue weighted by atomic mass is 32.1. The summed E-state index contributed by atoms with van der Waals surface area (Å²) in [6.07, 6.45) is 0.534. The number of aromatic carboxylic acids is 1. The number of Topliss-reactive ketones (excluding diaryl/α,β-unsaturated/α-hetero) is 1. The monoisotopic (exact) mass is 243 g/mol. The zero-order chi connectivity index (χ0) is 12.1. The Morgan fingerprint density at radius 3 is 2.62 bits per heavy atom. The molecule has 6 heteroatoms. The van der Waals surface area contributed by atoms with Crippen molar-refractivity contribution in [3.8, 4) is 0 Å². The van der Waals surface area contributed by atoms with Crippen LogP contribution in [0.15, 0.2) is 0 Å². The Labute approximate surface area is 97.1 Å². The van der Waals surface area contributed by atoms with Crippen molar-refractivity contribution in [2.24, 2.45) is 0 Å². The summed E-state index contributed by atoms with van der Waals surface area (Å²) in [7, 11) is 0. The van der Waals surface area contributed by atoms with Crippen LogP contribution in [0.4, 0.5) is 0 Å². The van der Waals surface area contributed by atoms with E-state index in [4.69, 9.17) is 9.84 Å². The second kappa shape index (κ2) is 5.72. The van der Waals surface area contributed by atoms with E-state index in [0.29, 0.717) is 24.6 Å². The van der Waals surface area contributed by atoms with Crippen LogP contribution in [0.5, 0.6) is 0 Å². The predicted molar refractivity (Wildman–Crippen MR) is 59.3 cm³/mol. The van der Waals surface area contributed by atoms with Crippen molar-refractivity contribution in [1.29, 1.82) is 0 Å². The van der Waals surface area contributed by atoms with Crippen LogP contribution in [0.25, 0.3) is 0 Å². The third-order valence-corrected chi connectivity index (χ3v) is 3.07. The molecule has 1 heterocycles. The summed E-state index contributed by atoms with van der Waals surface area (Å²) in [6, 6.07) is 0. The van der Waals surface area contributed by atoms with Gasteiger partial charge in [0.1, 0.15) is 4.88 Å². The van der Waals surface area contributed by atoms with Gasteiger partial charge in [-0.1, -0.05) is 0 Å². The zero-order valence-corrected chi connectivity index (χ0v) is 9.97. The highest BCUT2D eigenvalue weighted by molar-refractivity contribution is 7.14. The Bertz CT molecular complexity index is 368. The van der Waals surface area contributed by atoms with Gasteiger partial charge in [0.05, 0.1) is 11.6 Å². The maximum absolute atomic E-state index is 11.2. The van der Waals surface area contributed by atoms with Crippen LogP contribution < -0.4 is 0 Å². The number of thiazole rings is 1. The highest BCUT2D eigenvalue weighted by Gasteiger charge is 2.20. The summed E-state index contributed by atoms with van der Waals surface area (Å²) in [5, 5.41) is 9.48. The van der Waals surface area contributed by atoms with Crippen LogP contribution in [0.2, 0.25) is 0 Å². The van der Waals surface area contributed by atoms with E-state index in [2.05, 4.69) is 4.98 Å². The van der Waals surface area contributed by atoms with Gasteiger partial charge in [-0.3, -0.25) is 4.79 Å². The molecule has 0 fully saturated rings. The zero-order valence-electron chi connectivity index (χ0n) is 9.15. The Balaban J connectivity index is 2.84. The smallest absolute Gasteiger partial charge is 0.356 e. The number of nitrogens with zero attached hydrogens (tertiary/aromatic N) is 1. The maximum Gasteiger partial charge on any atom is 0.356 e. The lowest BCUT2D eigenvalue weighted by Gasteiger charge is -1.96. The van der Waals surface area contributed by atoms with Crippen molar-refractivity contribution >= 4 is 23.1 Å². The summed E-state index contributed by atoms with van der Waals surface area (Å²) in [6.45, 7) is 4.31. The first kappa shape index (κ1) is 12.8. The molecule has 0 aromatic carbocycles. The summed E-state index contributed by atoms with van der Waals surface area (Å²) in [5.74, 6) is -1.43. The maximum atomic E-state index is 11.2. The molecule has 1 N–H and O–H groups in total. The molecule has 0 atom stereocenters. The van der Waals surface area contributed by atoms with Crippen molar-refractivity contribution in [2.75, 3.05) is 13.2 Å². The molecule has 0 amide bonds. The number of hydrogen-bond donors (Lipinski definition) is 1. The van der Waals surface area contributed by atoms with Crippen LogP contribution in [0.3, 0.4) is 0 Å². The fourth-order valence-corrected chi connectivity index (χ4v) is 2.09. The first-order valence-corrected chi connectivity index (χ1v) is 5.69. The number of carbonyl (C=O) groups excluding carboxylic acids is 1. The number of aromatic nitrogens is 1. The molecule has 88 valence electrons. The molecule has 5 nitrogen and oxygen atoms in total. The Hall–Kier alpha value is -1.27. The third kappa shape index (κ3) is 3.11. The topological polar surface area (TPSA) is 76.5 Å². The molecule has 0 bridgehead atoms. The van der Waals surface area contributed by atoms with Crippen LogP contribution in [-0.2, 0) is 11.2 Å². The third-order valence-electron chi connectivity index (χ3n) is 1.86. The van der Waals surface area contributed by atoms with Crippen LogP contribution in [0.1, 0.15) is 39.0 Å². The molecule has 0 aliphatic heterocycles. The standard InChI is InChI=1S/C10H13NO4S/c1-3-15-5-4-7-11-8(10(13)14)9(16-7)6(2)12/h3-5H2,1-2H3,(H,13,14). The largest absolute Gasteiger partial charge is 0.476 e. The minimum atomic E-state index is -1.16. The fourth-order valence-electron chi connectivity index (χ4n) is 1.16. The molecule has 0 saturated heterocycles. The van der Waals surface area contributed by atoms with Gasteiger partial charge >= 0.3 is 5.97 Å². The second-order valence-corrected chi connectivity index (χ2v) is 4.18. The van der Waals surface area contributed by atoms with Gasteiger partial charge in [0.25, 0.3) is 0 Å². The Morgan fingerprint density at radius 2 is 2.19 bits per heavy atom. The molecule has 0 aliphatic rings. The molecule has 1 aromatic rings. The molecule has 0 spiro atoms. The number of ether oxygens (including phenoxy) is 1. The van der Waals surface area contributed by atoms with Crippen LogP contribution in [0, 0.1) is 0 Å². The molecule has 16 heavy (non-hydrogen) atoms. The van der Waals surface area contributed by atoms with Crippen molar-refractivity contribution < 1.29 is 19.4 Å². The van der Waals surface area contributed by atoms with Crippen molar-refractivity contribution in [3.63, 3.8) is 0 Å². The molecule has 0 radical (unpaired) electrons. The molecule has 0 unspecified atom stereocenters. The average Bonchev–Trinajstić information content (AvgIpc) is 2.62. The lowest BCUT2D eigenvalue weighted by atomic mass is 10.3. The first-order chi connectivity index (χ1) is 7.56. The molecular formula is C10H13NO4S. The number of rotatable bonds is 6. The Kier molecular flexibility index (Phi) is 4.57. The highest BCUT2D eigenvalue weighted by Crippen LogP contribution is 2.19. The van der Waals surface area contributed by atoms with Gasteiger partial charge in [0.15, 0.2) is 11.5 Å². The minimum absolute atomic E-state index is 0.149. The van der Waals surface area contributed by atoms with Gasteiger partial charge in [0.2, 0.25) is 0 Å². The quantitative estimate of drug-likeness (QED) is 0.607. The number of carbonyl (C=O) groups is 2. The lowest BCUT2D eigenvalue weighted by Crippen LogP contribution is -2.04. The van der Waals surface area contributed by atoms with Crippen molar-refractivity contribution in [2.45, 2.75) is 20.3 Å². The summed E-state index contributed by atoms with van der Waals surface area (Å²) in [4.78, 5) is 26.1. The van der Waals surface area contributed by atoms with Gasteiger partial charge in [-0.05, 0) is 6.92 Å². The van der Waals surface area contributed by atoms with E-state index >= 15 is 0 Å². The van der Waals surface area contributed by atoms with Crippen molar-refractivity contribution in [1.82, 2.24) is 4.98 Å². The van der Waals surface area contributed by atoms with Gasteiger partial charge in [0, 0.05) is 20.0 Å². The Morgan fingerprint density at radius 1 is 1.50 bits per heavy atom. The second-order valence-electron chi connectivity index (χ2n) is 3.09. The number of carboxylic acids is 1. The van der Waals surface area contributed by atoms with E-state index in [1.807, 2.05) is 6.92 Å². The minimum Gasteiger partial charge on any atom is -0.476 e. The van der Waals surface area contributed by atoms with Crippen LogP contribution >= 0.6 is 11.3 Å². The van der Waals surface area contributed by atoms with Gasteiger partial charge in [-0.2, -0.15) is 0 Å². The van der Waals surface area contributed by atoms with E-state index in [-0.39, 0.29) is 16.4 Å². The van der Waals surface area contributed by atoms with Gasteiger partial charge < -0.3 is 9.84 Å². The lowest BCUT2D eigenvalue weighted by molar-refractivity contribution is 0.0686. The molecule has 0 saturated carbocycles. The summed E-state index contributed by atoms with van der Waals surface area (Å²) in [5.41, 5.74) is -0.149. The van der Waals surface area contributed by atoms with E-state index in [9.17, 15) is 9.59 Å². The van der Waals surface area contributed by atoms with E-state index in [0.717, 1.165) is 11.3 Å². The van der Waals surface area contributed by atoms with E-state index < -0.39 is 5.97 Å². The average molecular weight is 243 g/mol. The van der Waals surface area contributed by atoms with Gasteiger partial charge in [-0.25, -0.2) is 9.78 Å². The fraction of sp³-hybridized carbons (Fsp3) is 0.500. The molecular weight excluding hydrogens is 230 g/mol. The first-order valence-electron chi connectivity index (χ1n) is 4.88. The summed E-state index contributed by atoms with van der Waals surface area (Å²) < 4.78 is 5.14. The normalized spacial score (nSPS) is 10.4. The predicted octanol–water partition coefficient (Wildman–Crippen LogP) is 1.62. The summed E-state index contributed by atoms with van der Waals surface area (Å²) >= 11 is 1.12. The SMILES string of the molecule is CCOCCc1nc(C(=O)O)c(C(C)=O)s1. The van der Waals surface area contributed by atoms with Gasteiger partial charge in [-0.15, -0.1) is 11.3 Å². The van der Waals surface area contributed by atoms with E-state index in [1.165, 1.54) is 6.92 Å². The number of hydrogen-bond acceptors (Lipinski definition) is 5. The number of carboxylic acid groups (broad SMARTS) is 1. The molecule has 1 rings (SSSR count). The van der Waals surface area contributed by atoms with Crippen molar-refractivity contribution in [3.05, 3.63) is 15.6 Å². The number of ketones is 1. The molecule has 1 aromatic heterocycles.